The first-order valence-electron chi connectivity index (χ1n) is 16.4. The van der Waals surface area contributed by atoms with Crippen LogP contribution in [-0.4, -0.2) is 123 Å². The first-order valence-corrected chi connectivity index (χ1v) is 16.4. The minimum Gasteiger partial charge on any atom is -0.444 e. The van der Waals surface area contributed by atoms with Gasteiger partial charge in [0.15, 0.2) is 0 Å². The van der Waals surface area contributed by atoms with E-state index >= 15 is 0 Å². The quantitative estimate of drug-likeness (QED) is 0.177. The molecule has 1 saturated heterocycles. The van der Waals surface area contributed by atoms with Crippen molar-refractivity contribution in [2.45, 2.75) is 72.0 Å². The molecule has 0 atom stereocenters. The Balaban J connectivity index is 1.97. The van der Waals surface area contributed by atoms with Gasteiger partial charge in [-0.25, -0.2) is 9.59 Å². The molecule has 1 fully saturated rings. The van der Waals surface area contributed by atoms with Crippen LogP contribution in [-0.2, 0) is 9.47 Å². The van der Waals surface area contributed by atoms with Gasteiger partial charge in [-0.1, -0.05) is 0 Å². The van der Waals surface area contributed by atoms with E-state index in [0.29, 0.717) is 32.5 Å². The molecule has 0 aromatic heterocycles. The van der Waals surface area contributed by atoms with Gasteiger partial charge in [-0.15, -0.1) is 0 Å². The van der Waals surface area contributed by atoms with Crippen molar-refractivity contribution in [1.29, 1.82) is 0 Å². The van der Waals surface area contributed by atoms with Crippen LogP contribution in [0.15, 0.2) is 18.2 Å². The average molecular weight is 662 g/mol. The highest BCUT2D eigenvalue weighted by Crippen LogP contribution is 2.12. The van der Waals surface area contributed by atoms with Gasteiger partial charge in [-0.05, 0) is 92.6 Å². The molecule has 1 aromatic rings. The lowest BCUT2D eigenvalue weighted by Gasteiger charge is -2.32. The molecule has 0 spiro atoms. The smallest absolute Gasteiger partial charge is 0.407 e. The molecule has 0 unspecified atom stereocenters. The van der Waals surface area contributed by atoms with Crippen LogP contribution in [0, 0.1) is 0 Å². The average Bonchev–Trinajstić information content (AvgIpc) is 2.97. The van der Waals surface area contributed by atoms with Crippen LogP contribution in [0.4, 0.5) is 9.59 Å². The fraction of sp³-hybridized carbons (Fsp3) is 0.667. The summed E-state index contributed by atoms with van der Waals surface area (Å²) in [6.45, 7) is 17.1. The van der Waals surface area contributed by atoms with E-state index in [1.54, 1.807) is 41.5 Å². The third kappa shape index (κ3) is 17.0. The zero-order valence-corrected chi connectivity index (χ0v) is 29.2. The van der Waals surface area contributed by atoms with Crippen molar-refractivity contribution in [3.05, 3.63) is 34.9 Å². The van der Waals surface area contributed by atoms with E-state index < -0.39 is 35.2 Å². The number of rotatable bonds is 15. The van der Waals surface area contributed by atoms with Crippen molar-refractivity contribution >= 4 is 29.9 Å². The Hall–Kier alpha value is -3.91. The van der Waals surface area contributed by atoms with E-state index in [1.807, 2.05) is 0 Å². The normalized spacial score (nSPS) is 14.1. The van der Waals surface area contributed by atoms with Gasteiger partial charge in [0, 0.05) is 75.6 Å². The van der Waals surface area contributed by atoms with Gasteiger partial charge < -0.3 is 45.9 Å². The number of hydrogen-bond donors (Lipinski definition) is 5. The summed E-state index contributed by atoms with van der Waals surface area (Å²) >= 11 is 0. The molecule has 1 heterocycles. The fourth-order valence-corrected chi connectivity index (χ4v) is 4.49. The van der Waals surface area contributed by atoms with Crippen molar-refractivity contribution in [3.8, 4) is 0 Å². The number of nitrogens with one attached hydrogen (secondary N) is 5. The Morgan fingerprint density at radius 3 is 1.28 bits per heavy atom. The Bertz CT molecular complexity index is 1130. The molecule has 14 heteroatoms. The standard InChI is InChI=1S/C33H55N7O7/c1-32(2,3)46-30(44)37-13-8-11-34-27(41)24-21-25(28(42)35-12-9-14-38-31(45)47-33(4,5)6)23-26(22-24)29(43)36-15-10-16-40-19-17-39(7)18-20-40/h21-23H,8-20H2,1-7H3,(H,34,41)(H,35,42)(H,36,43)(H,37,44)(H,38,45). The summed E-state index contributed by atoms with van der Waals surface area (Å²) < 4.78 is 10.4. The van der Waals surface area contributed by atoms with E-state index in [1.165, 1.54) is 18.2 Å². The molecule has 0 saturated carbocycles. The highest BCUT2D eigenvalue weighted by molar-refractivity contribution is 6.04. The van der Waals surface area contributed by atoms with Crippen molar-refractivity contribution in [1.82, 2.24) is 36.4 Å². The predicted octanol–water partition coefficient (Wildman–Crippen LogP) is 2.34. The molecule has 2 rings (SSSR count). The molecular formula is C33H55N7O7. The van der Waals surface area contributed by atoms with Crippen LogP contribution in [0.2, 0.25) is 0 Å². The largest absolute Gasteiger partial charge is 0.444 e. The maximum Gasteiger partial charge on any atom is 0.407 e. The van der Waals surface area contributed by atoms with E-state index in [0.717, 1.165) is 39.1 Å². The van der Waals surface area contributed by atoms with Gasteiger partial charge in [-0.3, -0.25) is 14.4 Å². The number of nitrogens with zero attached hydrogens (tertiary/aromatic N) is 2. The first kappa shape index (κ1) is 39.3. The lowest BCUT2D eigenvalue weighted by Crippen LogP contribution is -2.45. The van der Waals surface area contributed by atoms with Crippen LogP contribution in [0.3, 0.4) is 0 Å². The summed E-state index contributed by atoms with van der Waals surface area (Å²) in [6.07, 6.45) is 0.592. The van der Waals surface area contributed by atoms with Gasteiger partial charge in [-0.2, -0.15) is 0 Å². The summed E-state index contributed by atoms with van der Waals surface area (Å²) in [7, 11) is 2.11. The van der Waals surface area contributed by atoms with Gasteiger partial charge >= 0.3 is 12.2 Å². The van der Waals surface area contributed by atoms with Crippen molar-refractivity contribution in [2.75, 3.05) is 72.5 Å². The van der Waals surface area contributed by atoms with E-state index in [2.05, 4.69) is 43.4 Å². The Morgan fingerprint density at radius 2 is 0.915 bits per heavy atom. The Morgan fingerprint density at radius 1 is 0.574 bits per heavy atom. The second kappa shape index (κ2) is 19.0. The maximum atomic E-state index is 13.1. The zero-order valence-electron chi connectivity index (χ0n) is 29.2. The van der Waals surface area contributed by atoms with Crippen LogP contribution >= 0.6 is 0 Å². The second-order valence-electron chi connectivity index (χ2n) is 13.6. The van der Waals surface area contributed by atoms with Crippen LogP contribution < -0.4 is 26.6 Å². The van der Waals surface area contributed by atoms with E-state index in [9.17, 15) is 24.0 Å². The van der Waals surface area contributed by atoms with E-state index in [-0.39, 0.29) is 35.7 Å². The number of likely N-dealkylation sites (N-methyl/N-ethyl adjacent to an activating group) is 1. The molecule has 0 aliphatic carbocycles. The molecule has 1 aliphatic rings. The molecule has 264 valence electrons. The van der Waals surface area contributed by atoms with Crippen molar-refractivity contribution < 1.29 is 33.4 Å². The minimum absolute atomic E-state index is 0.159. The molecular weight excluding hydrogens is 606 g/mol. The Labute approximate surface area is 279 Å². The number of ether oxygens (including phenoxy) is 2. The maximum absolute atomic E-state index is 13.1. The minimum atomic E-state index is -0.610. The SMILES string of the molecule is CN1CCN(CCCNC(=O)c2cc(C(=O)NCCCNC(=O)OC(C)(C)C)cc(C(=O)NCCCNC(=O)OC(C)(C)C)c2)CC1. The highest BCUT2D eigenvalue weighted by Gasteiger charge is 2.19. The monoisotopic (exact) mass is 661 g/mol. The van der Waals surface area contributed by atoms with Crippen LogP contribution in [0.25, 0.3) is 0 Å². The van der Waals surface area contributed by atoms with Crippen LogP contribution in [0.1, 0.15) is 91.9 Å². The number of amides is 5. The summed E-state index contributed by atoms with van der Waals surface area (Å²) in [5.74, 6) is -1.29. The van der Waals surface area contributed by atoms with Gasteiger partial charge in [0.05, 0.1) is 0 Å². The molecule has 0 bridgehead atoms. The third-order valence-electron chi connectivity index (χ3n) is 6.87. The summed E-state index contributed by atoms with van der Waals surface area (Å²) in [5, 5.41) is 13.7. The molecule has 47 heavy (non-hydrogen) atoms. The predicted molar refractivity (Wildman–Crippen MR) is 180 cm³/mol. The lowest BCUT2D eigenvalue weighted by atomic mass is 10.0. The molecule has 1 aliphatic heterocycles. The lowest BCUT2D eigenvalue weighted by molar-refractivity contribution is 0.0515. The molecule has 5 N–H and O–H groups in total. The highest BCUT2D eigenvalue weighted by atomic mass is 16.6. The second-order valence-corrected chi connectivity index (χ2v) is 13.6. The van der Waals surface area contributed by atoms with E-state index in [4.69, 9.17) is 9.47 Å². The molecule has 5 amide bonds. The number of hydrogen-bond acceptors (Lipinski definition) is 9. The molecule has 1 aromatic carbocycles. The van der Waals surface area contributed by atoms with Gasteiger partial charge in [0.25, 0.3) is 17.7 Å². The number of piperazine rings is 1. The topological polar surface area (TPSA) is 170 Å². The zero-order chi connectivity index (χ0) is 35.0. The van der Waals surface area contributed by atoms with Crippen molar-refractivity contribution in [3.63, 3.8) is 0 Å². The number of benzene rings is 1. The van der Waals surface area contributed by atoms with Gasteiger partial charge in [0.1, 0.15) is 11.2 Å². The first-order chi connectivity index (χ1) is 22.0. The Kier molecular flexibility index (Phi) is 15.9. The number of carbonyl (C=O) groups excluding carboxylic acids is 5. The number of carbonyl (C=O) groups is 5. The van der Waals surface area contributed by atoms with Crippen LogP contribution in [0.5, 0.6) is 0 Å². The molecule has 0 radical (unpaired) electrons. The van der Waals surface area contributed by atoms with Gasteiger partial charge in [0.2, 0.25) is 0 Å². The summed E-state index contributed by atoms with van der Waals surface area (Å²) in [5.41, 5.74) is -0.706. The third-order valence-corrected chi connectivity index (χ3v) is 6.87. The summed E-state index contributed by atoms with van der Waals surface area (Å²) in [6, 6.07) is 4.37. The fourth-order valence-electron chi connectivity index (χ4n) is 4.49. The van der Waals surface area contributed by atoms with Crippen molar-refractivity contribution in [2.24, 2.45) is 0 Å². The number of alkyl carbamates (subject to hydrolysis) is 2. The summed E-state index contributed by atoms with van der Waals surface area (Å²) in [4.78, 5) is 67.5. The molecule has 14 nitrogen and oxygen atoms in total.